The van der Waals surface area contributed by atoms with Gasteiger partial charge in [0.15, 0.2) is 46.5 Å². The van der Waals surface area contributed by atoms with E-state index in [9.17, 15) is 57.1 Å². The lowest BCUT2D eigenvalue weighted by Crippen LogP contribution is -2.59. The van der Waals surface area contributed by atoms with Crippen LogP contribution in [0.5, 0.6) is 0 Å². The van der Waals surface area contributed by atoms with E-state index in [1.807, 2.05) is 0 Å². The number of hydrogen-bond donors (Lipinski definition) is 0. The van der Waals surface area contributed by atoms with E-state index in [2.05, 4.69) is 8.85 Å². The molecule has 0 radical (unpaired) electrons. The average Bonchev–Trinajstić information content (AvgIpc) is 2.92. The highest BCUT2D eigenvalue weighted by Crippen LogP contribution is 2.29. The summed E-state index contributed by atoms with van der Waals surface area (Å²) in [5.74, 6) is -22.4. The van der Waals surface area contributed by atoms with Crippen LogP contribution in [0.4, 0.5) is 57.1 Å². The van der Waals surface area contributed by atoms with Crippen molar-refractivity contribution in [1.29, 1.82) is 0 Å². The molecule has 40 heavy (non-hydrogen) atoms. The first-order valence-electron chi connectivity index (χ1n) is 10.6. The molecule has 0 spiro atoms. The minimum Gasteiger partial charge on any atom is -0.394 e. The van der Waals surface area contributed by atoms with Gasteiger partial charge in [-0.3, -0.25) is 0 Å². The molecular weight excluding hydrogens is 619 g/mol. The molecule has 226 valence electrons. The van der Waals surface area contributed by atoms with Gasteiger partial charge in [0.2, 0.25) is 17.1 Å². The van der Waals surface area contributed by atoms with Crippen LogP contribution in [0.2, 0.25) is 6.55 Å². The molecule has 0 aliphatic carbocycles. The summed E-state index contributed by atoms with van der Waals surface area (Å²) in [4.78, 5) is 0. The lowest BCUT2D eigenvalue weighted by molar-refractivity contribution is 0.189. The minimum absolute atomic E-state index is 0.577. The fourth-order valence-corrected chi connectivity index (χ4v) is 7.43. The molecule has 0 saturated carbocycles. The maximum Gasteiger partial charge on any atom is 0.449 e. The Balaban J connectivity index is 0.000000418. The van der Waals surface area contributed by atoms with Gasteiger partial charge in [0.25, 0.3) is 0 Å². The molecular formula is C21H19F13O4Si2. The topological polar surface area (TPSA) is 36.9 Å². The Morgan fingerprint density at radius 1 is 0.525 bits per heavy atom. The highest BCUT2D eigenvalue weighted by molar-refractivity contribution is 6.87. The van der Waals surface area contributed by atoms with Crippen LogP contribution in [0.25, 0.3) is 0 Å². The zero-order valence-electron chi connectivity index (χ0n) is 21.0. The summed E-state index contributed by atoms with van der Waals surface area (Å²) >= 11 is 0. The van der Waals surface area contributed by atoms with Crippen molar-refractivity contribution >= 4 is 27.5 Å². The number of benzene rings is 2. The molecule has 0 aromatic heterocycles. The van der Waals surface area contributed by atoms with Crippen molar-refractivity contribution in [2.75, 3.05) is 27.4 Å². The van der Waals surface area contributed by atoms with Crippen molar-refractivity contribution in [3.63, 3.8) is 0 Å². The summed E-state index contributed by atoms with van der Waals surface area (Å²) in [6.07, 6.45) is -3.04. The monoisotopic (exact) mass is 638 g/mol. The summed E-state index contributed by atoms with van der Waals surface area (Å²) in [5.41, 5.74) is -2.48. The zero-order valence-corrected chi connectivity index (χ0v) is 23.0. The molecule has 2 aromatic rings. The van der Waals surface area contributed by atoms with Crippen molar-refractivity contribution in [2.24, 2.45) is 0 Å². The highest BCUT2D eigenvalue weighted by Gasteiger charge is 2.54. The SMILES string of the molecule is CCO[Si](OCC)(C(F)=C(F)F)c1c(F)c(F)c(F)c(F)c1F.CO[Si](C)(OC)c1c(F)c(F)c(F)c(F)c1F. The van der Waals surface area contributed by atoms with Crippen molar-refractivity contribution in [3.05, 3.63) is 69.7 Å². The second kappa shape index (κ2) is 13.9. The second-order valence-corrected chi connectivity index (χ2v) is 13.3. The lowest BCUT2D eigenvalue weighted by atomic mass is 10.3. The summed E-state index contributed by atoms with van der Waals surface area (Å²) in [7, 11) is -6.94. The van der Waals surface area contributed by atoms with E-state index in [1.54, 1.807) is 0 Å². The number of hydrogen-bond acceptors (Lipinski definition) is 4. The molecule has 0 N–H and O–H groups in total. The molecule has 0 atom stereocenters. The largest absolute Gasteiger partial charge is 0.449 e. The van der Waals surface area contributed by atoms with Crippen LogP contribution in [0.15, 0.2) is 11.5 Å². The van der Waals surface area contributed by atoms with Crippen LogP contribution in [-0.4, -0.2) is 44.6 Å². The third-order valence-corrected chi connectivity index (χ3v) is 11.3. The van der Waals surface area contributed by atoms with E-state index in [0.29, 0.717) is 0 Å². The second-order valence-electron chi connectivity index (χ2n) is 7.30. The van der Waals surface area contributed by atoms with Crippen molar-refractivity contribution in [3.8, 4) is 0 Å². The van der Waals surface area contributed by atoms with E-state index >= 15 is 0 Å². The number of halogens is 13. The summed E-state index contributed by atoms with van der Waals surface area (Å²) in [5, 5.41) is -2.89. The normalized spacial score (nSPS) is 11.8. The van der Waals surface area contributed by atoms with Gasteiger partial charge in [0.1, 0.15) is 0 Å². The lowest BCUT2D eigenvalue weighted by Gasteiger charge is -2.28. The predicted molar refractivity (Wildman–Crippen MR) is 117 cm³/mol. The van der Waals surface area contributed by atoms with E-state index in [0.717, 1.165) is 28.1 Å². The summed E-state index contributed by atoms with van der Waals surface area (Å²) in [6, 6.07) is 0. The number of rotatable bonds is 9. The first-order valence-corrected chi connectivity index (χ1v) is 14.7. The van der Waals surface area contributed by atoms with Crippen LogP contribution in [0, 0.1) is 58.2 Å². The molecule has 0 bridgehead atoms. The fraction of sp³-hybridized carbons (Fsp3) is 0.333. The van der Waals surface area contributed by atoms with E-state index in [4.69, 9.17) is 8.85 Å². The molecule has 0 aliphatic rings. The van der Waals surface area contributed by atoms with Gasteiger partial charge in [0.05, 0.1) is 10.4 Å². The third kappa shape index (κ3) is 6.38. The Labute approximate surface area is 220 Å². The fourth-order valence-electron chi connectivity index (χ4n) is 3.14. The third-order valence-electron chi connectivity index (χ3n) is 5.13. The first kappa shape index (κ1) is 35.6. The van der Waals surface area contributed by atoms with Gasteiger partial charge in [-0.15, -0.1) is 0 Å². The Morgan fingerprint density at radius 3 is 1.05 bits per heavy atom. The van der Waals surface area contributed by atoms with Gasteiger partial charge in [-0.05, 0) is 20.4 Å². The van der Waals surface area contributed by atoms with Gasteiger partial charge >= 0.3 is 23.2 Å². The van der Waals surface area contributed by atoms with Gasteiger partial charge in [-0.2, -0.15) is 8.78 Å². The van der Waals surface area contributed by atoms with Crippen molar-refractivity contribution < 1.29 is 74.8 Å². The molecule has 2 rings (SSSR count). The predicted octanol–water partition coefficient (Wildman–Crippen LogP) is 5.68. The smallest absolute Gasteiger partial charge is 0.394 e. The van der Waals surface area contributed by atoms with Gasteiger partial charge in [-0.1, -0.05) is 0 Å². The Hall–Kier alpha value is -2.46. The molecule has 0 fully saturated rings. The Kier molecular flexibility index (Phi) is 12.4. The van der Waals surface area contributed by atoms with Crippen molar-refractivity contribution in [1.82, 2.24) is 0 Å². The van der Waals surface area contributed by atoms with Crippen LogP contribution in [0.3, 0.4) is 0 Å². The molecule has 4 nitrogen and oxygen atoms in total. The van der Waals surface area contributed by atoms with Crippen LogP contribution in [-0.2, 0) is 17.7 Å². The zero-order chi connectivity index (χ0) is 31.3. The molecule has 19 heteroatoms. The first-order chi connectivity index (χ1) is 18.4. The summed E-state index contributed by atoms with van der Waals surface area (Å²) < 4.78 is 191. The maximum absolute atomic E-state index is 13.9. The van der Waals surface area contributed by atoms with Crippen LogP contribution < -0.4 is 10.4 Å². The van der Waals surface area contributed by atoms with Gasteiger partial charge in [0, 0.05) is 27.4 Å². The Bertz CT molecular complexity index is 1200. The summed E-state index contributed by atoms with van der Waals surface area (Å²) in [6.45, 7) is 2.32. The van der Waals surface area contributed by atoms with E-state index in [1.165, 1.54) is 6.55 Å². The van der Waals surface area contributed by atoms with E-state index in [-0.39, 0.29) is 0 Å². The van der Waals surface area contributed by atoms with Crippen LogP contribution >= 0.6 is 0 Å². The molecule has 0 amide bonds. The van der Waals surface area contributed by atoms with Crippen molar-refractivity contribution in [2.45, 2.75) is 20.4 Å². The van der Waals surface area contributed by atoms with Gasteiger partial charge in [-0.25, -0.2) is 48.3 Å². The molecule has 0 heterocycles. The van der Waals surface area contributed by atoms with Crippen LogP contribution in [0.1, 0.15) is 13.8 Å². The molecule has 0 aliphatic heterocycles. The Morgan fingerprint density at radius 2 is 0.800 bits per heavy atom. The molecule has 0 saturated heterocycles. The van der Waals surface area contributed by atoms with Gasteiger partial charge < -0.3 is 17.7 Å². The maximum atomic E-state index is 13.9. The quantitative estimate of drug-likeness (QED) is 0.154. The molecule has 2 aromatic carbocycles. The average molecular weight is 639 g/mol. The van der Waals surface area contributed by atoms with E-state index < -0.39 is 110 Å². The molecule has 0 unspecified atom stereocenters. The standard InChI is InChI=1S/C12H10F8O2Si.C9H9F5O2Si/c1-3-21-23(22-4-2,12(20)11(18)19)10-8(16)6(14)5(13)7(15)9(10)17;1-15-17(3,16-2)9-7(13)5(11)4(10)6(12)8(9)14/h3-4H2,1-2H3;1-3H3. The highest BCUT2D eigenvalue weighted by atomic mass is 28.4. The minimum atomic E-state index is -5.45.